The third-order valence-electron chi connectivity index (χ3n) is 7.40. The summed E-state index contributed by atoms with van der Waals surface area (Å²) in [5.41, 5.74) is 3.42. The fourth-order valence-corrected chi connectivity index (χ4v) is 4.44. The number of aliphatic hydroxyl groups is 4. The third kappa shape index (κ3) is 10.8. The Morgan fingerprint density at radius 1 is 0.562 bits per heavy atom. The maximum atomic E-state index is 12.5. The lowest BCUT2D eigenvalue weighted by molar-refractivity contribution is -0.154. The van der Waals surface area contributed by atoms with Crippen LogP contribution in [-0.4, -0.2) is 82.6 Å². The zero-order chi connectivity index (χ0) is 35.1. The number of benzene rings is 4. The van der Waals surface area contributed by atoms with Crippen LogP contribution < -0.4 is 0 Å². The van der Waals surface area contributed by atoms with E-state index in [1.807, 2.05) is 12.1 Å². The van der Waals surface area contributed by atoms with E-state index < -0.39 is 55.8 Å². The van der Waals surface area contributed by atoms with Crippen molar-refractivity contribution < 1.29 is 49.1 Å². The molecule has 0 saturated carbocycles. The first-order valence-corrected chi connectivity index (χ1v) is 15.4. The SMILES string of the molecule is CC(C(=O)OC(CO)CO)c1cccc(C(=O)c2ccccc2)c1.CC(C(=O)OCC(O)CO)c1cccc(C(=O)c2ccccc2)c1. The van der Waals surface area contributed by atoms with Gasteiger partial charge in [-0.2, -0.15) is 0 Å². The first kappa shape index (κ1) is 37.5. The second kappa shape index (κ2) is 19.0. The highest BCUT2D eigenvalue weighted by molar-refractivity contribution is 6.09. The molecule has 0 heterocycles. The fourth-order valence-electron chi connectivity index (χ4n) is 4.44. The summed E-state index contributed by atoms with van der Waals surface area (Å²) in [4.78, 5) is 49.1. The van der Waals surface area contributed by atoms with Crippen LogP contribution in [0, 0.1) is 0 Å². The van der Waals surface area contributed by atoms with Crippen LogP contribution in [0.4, 0.5) is 0 Å². The van der Waals surface area contributed by atoms with E-state index in [0.717, 1.165) is 0 Å². The summed E-state index contributed by atoms with van der Waals surface area (Å²) in [5, 5.41) is 35.9. The van der Waals surface area contributed by atoms with Crippen LogP contribution in [0.2, 0.25) is 0 Å². The Kier molecular flexibility index (Phi) is 14.8. The van der Waals surface area contributed by atoms with Crippen molar-refractivity contribution in [3.8, 4) is 0 Å². The van der Waals surface area contributed by atoms with E-state index in [-0.39, 0.29) is 18.2 Å². The first-order valence-electron chi connectivity index (χ1n) is 15.4. The molecule has 4 rings (SSSR count). The lowest BCUT2D eigenvalue weighted by Gasteiger charge is -2.17. The molecule has 48 heavy (non-hydrogen) atoms. The van der Waals surface area contributed by atoms with E-state index in [1.54, 1.807) is 111 Å². The van der Waals surface area contributed by atoms with Crippen LogP contribution in [0.5, 0.6) is 0 Å². The molecule has 0 bridgehead atoms. The smallest absolute Gasteiger partial charge is 0.313 e. The van der Waals surface area contributed by atoms with E-state index in [1.165, 1.54) is 0 Å². The lowest BCUT2D eigenvalue weighted by Crippen LogP contribution is -2.28. The maximum Gasteiger partial charge on any atom is 0.313 e. The van der Waals surface area contributed by atoms with Gasteiger partial charge in [0.2, 0.25) is 0 Å². The number of rotatable bonds is 14. The molecule has 4 aromatic rings. The molecule has 0 radical (unpaired) electrons. The molecule has 0 aromatic heterocycles. The van der Waals surface area contributed by atoms with Gasteiger partial charge in [0.1, 0.15) is 18.8 Å². The minimum Gasteiger partial charge on any atom is -0.462 e. The van der Waals surface area contributed by atoms with E-state index in [2.05, 4.69) is 0 Å². The number of ether oxygens (including phenoxy) is 2. The summed E-state index contributed by atoms with van der Waals surface area (Å²) in [6.07, 6.45) is -2.03. The predicted molar refractivity (Wildman–Crippen MR) is 178 cm³/mol. The van der Waals surface area contributed by atoms with Crippen LogP contribution in [-0.2, 0) is 19.1 Å². The van der Waals surface area contributed by atoms with Crippen LogP contribution in [0.1, 0.15) is 68.7 Å². The Morgan fingerprint density at radius 3 is 1.40 bits per heavy atom. The standard InChI is InChI=1S/2C19H20O5/c1-13(19(23)24-12-17(21)11-20)15-8-5-9-16(10-15)18(22)14-6-3-2-4-7-14;1-13(19(23)24-17(11-20)12-21)15-8-5-9-16(10-15)18(22)14-6-3-2-4-7-14/h2*2-10,13,17,20-21H,11-12H2,1H3. The number of esters is 2. The van der Waals surface area contributed by atoms with Gasteiger partial charge in [-0.1, -0.05) is 97.1 Å². The number of hydrogen-bond donors (Lipinski definition) is 4. The number of hydrogen-bond acceptors (Lipinski definition) is 10. The Hall–Kier alpha value is -5.00. The molecule has 4 aromatic carbocycles. The van der Waals surface area contributed by atoms with Gasteiger partial charge < -0.3 is 29.9 Å². The summed E-state index contributed by atoms with van der Waals surface area (Å²) in [7, 11) is 0. The summed E-state index contributed by atoms with van der Waals surface area (Å²) >= 11 is 0. The first-order chi connectivity index (χ1) is 23.1. The average Bonchev–Trinajstić information content (AvgIpc) is 3.15. The lowest BCUT2D eigenvalue weighted by atomic mass is 9.96. The van der Waals surface area contributed by atoms with E-state index >= 15 is 0 Å². The molecular formula is C38H40O10. The van der Waals surface area contributed by atoms with Crippen molar-refractivity contribution in [3.05, 3.63) is 143 Å². The summed E-state index contributed by atoms with van der Waals surface area (Å²) < 4.78 is 9.99. The topological polar surface area (TPSA) is 168 Å². The molecule has 0 aliphatic rings. The molecular weight excluding hydrogens is 616 g/mol. The van der Waals surface area contributed by atoms with Gasteiger partial charge in [0, 0.05) is 22.3 Å². The molecule has 3 unspecified atom stereocenters. The highest BCUT2D eigenvalue weighted by Gasteiger charge is 2.22. The zero-order valence-electron chi connectivity index (χ0n) is 26.8. The van der Waals surface area contributed by atoms with Crippen molar-refractivity contribution in [3.63, 3.8) is 0 Å². The number of carbonyl (C=O) groups excluding carboxylic acids is 4. The molecule has 0 saturated heterocycles. The molecule has 10 nitrogen and oxygen atoms in total. The molecule has 0 aliphatic carbocycles. The number of aliphatic hydroxyl groups excluding tert-OH is 4. The Morgan fingerprint density at radius 2 is 0.979 bits per heavy atom. The maximum absolute atomic E-state index is 12.5. The molecule has 0 fully saturated rings. The van der Waals surface area contributed by atoms with Crippen molar-refractivity contribution in [2.75, 3.05) is 26.4 Å². The molecule has 4 N–H and O–H groups in total. The van der Waals surface area contributed by atoms with E-state index in [9.17, 15) is 24.3 Å². The zero-order valence-corrected chi connectivity index (χ0v) is 26.8. The molecule has 0 aliphatic heterocycles. The Balaban J connectivity index is 0.000000260. The van der Waals surface area contributed by atoms with Gasteiger partial charge in [0.15, 0.2) is 11.6 Å². The van der Waals surface area contributed by atoms with Crippen molar-refractivity contribution in [2.24, 2.45) is 0 Å². The largest absolute Gasteiger partial charge is 0.462 e. The summed E-state index contributed by atoms with van der Waals surface area (Å²) in [6, 6.07) is 31.4. The van der Waals surface area contributed by atoms with Gasteiger partial charge in [-0.25, -0.2) is 0 Å². The monoisotopic (exact) mass is 656 g/mol. The fraction of sp³-hybridized carbons (Fsp3) is 0.263. The van der Waals surface area contributed by atoms with Gasteiger partial charge >= 0.3 is 11.9 Å². The minimum absolute atomic E-state index is 0.117. The van der Waals surface area contributed by atoms with E-state index in [4.69, 9.17) is 24.8 Å². The van der Waals surface area contributed by atoms with Crippen LogP contribution in [0.15, 0.2) is 109 Å². The second-order valence-corrected chi connectivity index (χ2v) is 11.0. The van der Waals surface area contributed by atoms with Crippen LogP contribution in [0.3, 0.4) is 0 Å². The van der Waals surface area contributed by atoms with Gasteiger partial charge in [-0.15, -0.1) is 0 Å². The van der Waals surface area contributed by atoms with E-state index in [0.29, 0.717) is 33.4 Å². The molecule has 0 amide bonds. The van der Waals surface area contributed by atoms with Gasteiger partial charge in [-0.3, -0.25) is 19.2 Å². The predicted octanol–water partition coefficient (Wildman–Crippen LogP) is 3.84. The highest BCUT2D eigenvalue weighted by atomic mass is 16.6. The minimum atomic E-state index is -1.09. The molecule has 10 heteroatoms. The van der Waals surface area contributed by atoms with Gasteiger partial charge in [0.25, 0.3) is 0 Å². The summed E-state index contributed by atoms with van der Waals surface area (Å²) in [5.74, 6) is -2.52. The van der Waals surface area contributed by atoms with Crippen LogP contribution >= 0.6 is 0 Å². The Bertz CT molecular complexity index is 1630. The van der Waals surface area contributed by atoms with Crippen molar-refractivity contribution in [1.29, 1.82) is 0 Å². The van der Waals surface area contributed by atoms with Crippen molar-refractivity contribution in [2.45, 2.75) is 37.9 Å². The number of carbonyl (C=O) groups is 4. The second-order valence-electron chi connectivity index (χ2n) is 11.0. The van der Waals surface area contributed by atoms with Gasteiger partial charge in [-0.05, 0) is 37.1 Å². The molecule has 3 atom stereocenters. The quantitative estimate of drug-likeness (QED) is 0.116. The summed E-state index contributed by atoms with van der Waals surface area (Å²) in [6.45, 7) is 1.70. The Labute approximate surface area is 279 Å². The van der Waals surface area contributed by atoms with Crippen molar-refractivity contribution in [1.82, 2.24) is 0 Å². The normalized spacial score (nSPS) is 12.6. The molecule has 0 spiro atoms. The third-order valence-corrected chi connectivity index (χ3v) is 7.40. The highest BCUT2D eigenvalue weighted by Crippen LogP contribution is 2.22. The number of ketones is 2. The van der Waals surface area contributed by atoms with Crippen molar-refractivity contribution >= 4 is 23.5 Å². The van der Waals surface area contributed by atoms with Gasteiger partial charge in [0.05, 0.1) is 31.7 Å². The van der Waals surface area contributed by atoms with Crippen LogP contribution in [0.25, 0.3) is 0 Å². The average molecular weight is 657 g/mol. The molecule has 252 valence electrons.